The highest BCUT2D eigenvalue weighted by atomic mass is 32.1. The Morgan fingerprint density at radius 2 is 2.04 bits per heavy atom. The smallest absolute Gasteiger partial charge is 0.261 e. The molecule has 1 saturated carbocycles. The number of thiophene rings is 1. The number of nitrogens with one attached hydrogen (secondary N) is 1. The van der Waals surface area contributed by atoms with Crippen molar-refractivity contribution in [3.63, 3.8) is 0 Å². The van der Waals surface area contributed by atoms with Crippen LogP contribution in [0.5, 0.6) is 0 Å². The Kier molecular flexibility index (Phi) is 5.07. The molecule has 2 amide bonds. The molecule has 2 aliphatic rings. The van der Waals surface area contributed by atoms with Gasteiger partial charge in [0.05, 0.1) is 22.1 Å². The molecule has 144 valence electrons. The maximum atomic E-state index is 12.5. The molecular formula is C20H25N3O2S2. The van der Waals surface area contributed by atoms with Gasteiger partial charge in [0, 0.05) is 23.4 Å². The second kappa shape index (κ2) is 7.36. The SMILES string of the molecule is Cc1csc(C(=O)NC2CCC3(CCC(=O)N3Cc3csc(C)n3)CC2)c1. The Labute approximate surface area is 167 Å². The quantitative estimate of drug-likeness (QED) is 0.837. The van der Waals surface area contributed by atoms with Gasteiger partial charge in [-0.05, 0) is 63.0 Å². The molecule has 5 nitrogen and oxygen atoms in total. The van der Waals surface area contributed by atoms with E-state index in [1.807, 2.05) is 25.3 Å². The number of hydrogen-bond donors (Lipinski definition) is 1. The molecule has 1 spiro atoms. The van der Waals surface area contributed by atoms with Crippen LogP contribution in [0.2, 0.25) is 0 Å². The van der Waals surface area contributed by atoms with Gasteiger partial charge in [0.15, 0.2) is 0 Å². The van der Waals surface area contributed by atoms with Crippen LogP contribution in [0.1, 0.15) is 64.5 Å². The Hall–Kier alpha value is -1.73. The van der Waals surface area contributed by atoms with E-state index in [9.17, 15) is 9.59 Å². The van der Waals surface area contributed by atoms with Crippen molar-refractivity contribution in [2.24, 2.45) is 0 Å². The summed E-state index contributed by atoms with van der Waals surface area (Å²) >= 11 is 3.13. The molecule has 27 heavy (non-hydrogen) atoms. The molecule has 0 bridgehead atoms. The number of carbonyl (C=O) groups excluding carboxylic acids is 2. The lowest BCUT2D eigenvalue weighted by Crippen LogP contribution is -2.50. The summed E-state index contributed by atoms with van der Waals surface area (Å²) in [5.41, 5.74) is 2.08. The average molecular weight is 404 g/mol. The highest BCUT2D eigenvalue weighted by molar-refractivity contribution is 7.12. The predicted octanol–water partition coefficient (Wildman–Crippen LogP) is 4.06. The van der Waals surface area contributed by atoms with E-state index >= 15 is 0 Å². The topological polar surface area (TPSA) is 62.3 Å². The van der Waals surface area contributed by atoms with Crippen LogP contribution in [0, 0.1) is 13.8 Å². The third kappa shape index (κ3) is 3.80. The van der Waals surface area contributed by atoms with Crippen molar-refractivity contribution < 1.29 is 9.59 Å². The van der Waals surface area contributed by atoms with Crippen molar-refractivity contribution in [3.8, 4) is 0 Å². The molecule has 0 radical (unpaired) electrons. The zero-order valence-corrected chi connectivity index (χ0v) is 17.4. The highest BCUT2D eigenvalue weighted by Crippen LogP contribution is 2.43. The standard InChI is InChI=1S/C20H25N3O2S2/c1-13-9-17(27-11-13)19(25)22-15-3-6-20(7-4-15)8-5-18(24)23(20)10-16-12-26-14(2)21-16/h9,11-12,15H,3-8,10H2,1-2H3,(H,22,25). The van der Waals surface area contributed by atoms with E-state index in [1.165, 1.54) is 11.3 Å². The first-order valence-corrected chi connectivity index (χ1v) is 11.3. The zero-order valence-electron chi connectivity index (χ0n) is 15.8. The van der Waals surface area contributed by atoms with E-state index in [2.05, 4.69) is 20.6 Å². The first kappa shape index (κ1) is 18.6. The Morgan fingerprint density at radius 1 is 1.26 bits per heavy atom. The largest absolute Gasteiger partial charge is 0.349 e. The van der Waals surface area contributed by atoms with Crippen LogP contribution in [0.25, 0.3) is 0 Å². The van der Waals surface area contributed by atoms with E-state index in [4.69, 9.17) is 0 Å². The minimum atomic E-state index is -0.0463. The molecule has 0 unspecified atom stereocenters. The van der Waals surface area contributed by atoms with Gasteiger partial charge < -0.3 is 10.2 Å². The summed E-state index contributed by atoms with van der Waals surface area (Å²) < 4.78 is 0. The van der Waals surface area contributed by atoms with Gasteiger partial charge in [0.25, 0.3) is 5.91 Å². The average Bonchev–Trinajstić information content (AvgIpc) is 3.34. The molecular weight excluding hydrogens is 378 g/mol. The summed E-state index contributed by atoms with van der Waals surface area (Å²) in [4.78, 5) is 32.4. The highest BCUT2D eigenvalue weighted by Gasteiger charge is 2.47. The van der Waals surface area contributed by atoms with Crippen LogP contribution in [-0.4, -0.2) is 33.3 Å². The van der Waals surface area contributed by atoms with E-state index in [-0.39, 0.29) is 23.4 Å². The van der Waals surface area contributed by atoms with Crippen molar-refractivity contribution in [3.05, 3.63) is 38.0 Å². The molecule has 2 aromatic rings. The molecule has 0 atom stereocenters. The summed E-state index contributed by atoms with van der Waals surface area (Å²) in [5.74, 6) is 0.281. The summed E-state index contributed by atoms with van der Waals surface area (Å²) in [6.07, 6.45) is 5.33. The lowest BCUT2D eigenvalue weighted by molar-refractivity contribution is -0.133. The molecule has 0 aromatic carbocycles. The fourth-order valence-corrected chi connectivity index (χ4v) is 5.80. The monoisotopic (exact) mass is 403 g/mol. The van der Waals surface area contributed by atoms with Gasteiger partial charge in [-0.2, -0.15) is 0 Å². The first-order chi connectivity index (χ1) is 12.9. The third-order valence-electron chi connectivity index (χ3n) is 5.87. The number of aryl methyl sites for hydroxylation is 2. The van der Waals surface area contributed by atoms with Crippen molar-refractivity contribution in [2.45, 2.75) is 70.5 Å². The minimum absolute atomic E-state index is 0.0337. The Morgan fingerprint density at radius 3 is 2.67 bits per heavy atom. The van der Waals surface area contributed by atoms with E-state index in [1.54, 1.807) is 11.3 Å². The first-order valence-electron chi connectivity index (χ1n) is 9.53. The van der Waals surface area contributed by atoms with Gasteiger partial charge in [0.1, 0.15) is 0 Å². The lowest BCUT2D eigenvalue weighted by Gasteiger charge is -2.43. The number of amides is 2. The zero-order chi connectivity index (χ0) is 19.0. The summed E-state index contributed by atoms with van der Waals surface area (Å²) in [7, 11) is 0. The van der Waals surface area contributed by atoms with Gasteiger partial charge in [0.2, 0.25) is 5.91 Å². The van der Waals surface area contributed by atoms with Crippen molar-refractivity contribution in [1.29, 1.82) is 0 Å². The van der Waals surface area contributed by atoms with Crippen LogP contribution < -0.4 is 5.32 Å². The van der Waals surface area contributed by atoms with Gasteiger partial charge in [-0.3, -0.25) is 9.59 Å². The summed E-state index contributed by atoms with van der Waals surface area (Å²) in [6.45, 7) is 4.63. The fraction of sp³-hybridized carbons (Fsp3) is 0.550. The van der Waals surface area contributed by atoms with Crippen LogP contribution in [0.3, 0.4) is 0 Å². The Bertz CT molecular complexity index is 849. The summed E-state index contributed by atoms with van der Waals surface area (Å²) in [5, 5.41) is 8.30. The lowest BCUT2D eigenvalue weighted by atomic mass is 9.77. The van der Waals surface area contributed by atoms with Crippen LogP contribution in [-0.2, 0) is 11.3 Å². The van der Waals surface area contributed by atoms with E-state index in [0.29, 0.717) is 13.0 Å². The van der Waals surface area contributed by atoms with Crippen LogP contribution >= 0.6 is 22.7 Å². The van der Waals surface area contributed by atoms with Crippen LogP contribution in [0.15, 0.2) is 16.8 Å². The number of thiazole rings is 1. The Balaban J connectivity index is 1.39. The molecule has 2 fully saturated rings. The van der Waals surface area contributed by atoms with Gasteiger partial charge in [-0.25, -0.2) is 4.98 Å². The number of rotatable bonds is 4. The van der Waals surface area contributed by atoms with Gasteiger partial charge in [-0.1, -0.05) is 0 Å². The molecule has 1 aliphatic heterocycles. The fourth-order valence-electron chi connectivity index (χ4n) is 4.40. The van der Waals surface area contributed by atoms with Crippen molar-refractivity contribution in [1.82, 2.24) is 15.2 Å². The number of nitrogens with zero attached hydrogens (tertiary/aromatic N) is 2. The van der Waals surface area contributed by atoms with E-state index in [0.717, 1.165) is 53.2 Å². The molecule has 4 rings (SSSR count). The second-order valence-electron chi connectivity index (χ2n) is 7.80. The predicted molar refractivity (Wildman–Crippen MR) is 108 cm³/mol. The molecule has 1 saturated heterocycles. The molecule has 3 heterocycles. The number of hydrogen-bond acceptors (Lipinski definition) is 5. The van der Waals surface area contributed by atoms with Crippen molar-refractivity contribution >= 4 is 34.5 Å². The summed E-state index contributed by atoms with van der Waals surface area (Å²) in [6, 6.07) is 2.14. The molecule has 1 N–H and O–H groups in total. The molecule has 1 aliphatic carbocycles. The second-order valence-corrected chi connectivity index (χ2v) is 9.77. The molecule has 2 aromatic heterocycles. The maximum absolute atomic E-state index is 12.5. The van der Waals surface area contributed by atoms with Crippen molar-refractivity contribution in [2.75, 3.05) is 0 Å². The molecule has 7 heteroatoms. The third-order valence-corrected chi connectivity index (χ3v) is 7.74. The van der Waals surface area contributed by atoms with Gasteiger partial charge >= 0.3 is 0 Å². The maximum Gasteiger partial charge on any atom is 0.261 e. The number of aromatic nitrogens is 1. The normalized spacial score (nSPS) is 25.3. The number of likely N-dealkylation sites (tertiary alicyclic amines) is 1. The number of carbonyl (C=O) groups is 2. The minimum Gasteiger partial charge on any atom is -0.349 e. The van der Waals surface area contributed by atoms with E-state index < -0.39 is 0 Å². The van der Waals surface area contributed by atoms with Crippen LogP contribution in [0.4, 0.5) is 0 Å². The van der Waals surface area contributed by atoms with Gasteiger partial charge in [-0.15, -0.1) is 22.7 Å².